The quantitative estimate of drug-likeness (QED) is 0.187. The van der Waals surface area contributed by atoms with Gasteiger partial charge in [-0.15, -0.1) is 0 Å². The number of fused-ring (bicyclic) bond motifs is 11. The lowest BCUT2D eigenvalue weighted by molar-refractivity contribution is 1.32. The normalized spacial score (nSPS) is 12.2. The third kappa shape index (κ3) is 2.06. The molecule has 0 saturated carbocycles. The predicted molar refractivity (Wildman–Crippen MR) is 128 cm³/mol. The van der Waals surface area contributed by atoms with Crippen molar-refractivity contribution in [3.8, 4) is 0 Å². The topological polar surface area (TPSA) is 17.3 Å². The molecule has 0 amide bonds. The lowest BCUT2D eigenvalue weighted by atomic mass is 9.98. The fourth-order valence-electron chi connectivity index (χ4n) is 4.83. The van der Waals surface area contributed by atoms with Gasteiger partial charge in [-0.1, -0.05) is 66.2 Å². The van der Waals surface area contributed by atoms with Crippen LogP contribution in [0.4, 0.5) is 0 Å². The van der Waals surface area contributed by atoms with Crippen LogP contribution in [-0.4, -0.2) is 9.38 Å². The van der Waals surface area contributed by atoms with E-state index in [4.69, 9.17) is 16.6 Å². The molecule has 0 aliphatic carbocycles. The summed E-state index contributed by atoms with van der Waals surface area (Å²) in [7, 11) is 0. The second-order valence-corrected chi connectivity index (χ2v) is 8.27. The number of pyridine rings is 1. The van der Waals surface area contributed by atoms with Crippen molar-refractivity contribution in [1.29, 1.82) is 0 Å². The Morgan fingerprint density at radius 3 is 2.40 bits per heavy atom. The molecule has 0 bridgehead atoms. The fourth-order valence-corrected chi connectivity index (χ4v) is 5.01. The number of hydrogen-bond donors (Lipinski definition) is 0. The molecule has 7 aromatic rings. The van der Waals surface area contributed by atoms with Gasteiger partial charge in [-0.25, -0.2) is 4.98 Å². The molecule has 2 heterocycles. The van der Waals surface area contributed by atoms with E-state index in [1.165, 1.54) is 32.3 Å². The number of nitrogens with zero attached hydrogens (tertiary/aromatic N) is 2. The van der Waals surface area contributed by atoms with E-state index in [0.29, 0.717) is 0 Å². The third-order valence-corrected chi connectivity index (χ3v) is 6.40. The number of aromatic nitrogens is 2. The fraction of sp³-hybridized carbons (Fsp3) is 0. The molecule has 0 saturated heterocycles. The SMILES string of the molecule is Clc1ccc2cc3c(cc2c1)c1ccc2ccccc2c1c1nc2ccccc2n31. The van der Waals surface area contributed by atoms with Gasteiger partial charge >= 0.3 is 0 Å². The summed E-state index contributed by atoms with van der Waals surface area (Å²) < 4.78 is 2.31. The first kappa shape index (κ1) is 16.2. The Labute approximate surface area is 176 Å². The van der Waals surface area contributed by atoms with Crippen LogP contribution in [0.2, 0.25) is 5.02 Å². The van der Waals surface area contributed by atoms with Crippen LogP contribution in [-0.2, 0) is 0 Å². The highest BCUT2D eigenvalue weighted by Crippen LogP contribution is 2.38. The monoisotopic (exact) mass is 402 g/mol. The summed E-state index contributed by atoms with van der Waals surface area (Å²) in [6.45, 7) is 0. The first-order valence-corrected chi connectivity index (χ1v) is 10.4. The molecule has 0 aliphatic rings. The second kappa shape index (κ2) is 5.71. The van der Waals surface area contributed by atoms with Crippen molar-refractivity contribution in [3.63, 3.8) is 0 Å². The molecule has 2 aromatic heterocycles. The smallest absolute Gasteiger partial charge is 0.147 e. The Hall–Kier alpha value is -3.62. The second-order valence-electron chi connectivity index (χ2n) is 7.83. The predicted octanol–water partition coefficient (Wildman–Crippen LogP) is 7.75. The molecule has 5 aromatic carbocycles. The molecule has 3 heteroatoms. The molecule has 0 atom stereocenters. The van der Waals surface area contributed by atoms with Gasteiger partial charge in [-0.3, -0.25) is 4.40 Å². The number of imidazole rings is 1. The van der Waals surface area contributed by atoms with E-state index in [1.54, 1.807) is 0 Å². The van der Waals surface area contributed by atoms with Crippen molar-refractivity contribution in [1.82, 2.24) is 9.38 Å². The van der Waals surface area contributed by atoms with Crippen LogP contribution in [0.5, 0.6) is 0 Å². The molecule has 30 heavy (non-hydrogen) atoms. The Balaban J connectivity index is 1.87. The van der Waals surface area contributed by atoms with E-state index >= 15 is 0 Å². The summed E-state index contributed by atoms with van der Waals surface area (Å²) >= 11 is 6.31. The van der Waals surface area contributed by atoms with E-state index in [0.717, 1.165) is 32.6 Å². The Morgan fingerprint density at radius 1 is 0.600 bits per heavy atom. The highest BCUT2D eigenvalue weighted by Gasteiger charge is 2.16. The summed E-state index contributed by atoms with van der Waals surface area (Å²) in [5.41, 5.74) is 4.30. The van der Waals surface area contributed by atoms with Crippen LogP contribution in [0.25, 0.3) is 59.9 Å². The Bertz CT molecular complexity index is 1810. The van der Waals surface area contributed by atoms with Gasteiger partial charge in [0.05, 0.1) is 16.6 Å². The minimum absolute atomic E-state index is 0.755. The summed E-state index contributed by atoms with van der Waals surface area (Å²) in [4.78, 5) is 5.08. The van der Waals surface area contributed by atoms with E-state index in [-0.39, 0.29) is 0 Å². The summed E-state index contributed by atoms with van der Waals surface area (Å²) in [5.74, 6) is 0. The van der Waals surface area contributed by atoms with Crippen molar-refractivity contribution in [2.24, 2.45) is 0 Å². The van der Waals surface area contributed by atoms with Crippen molar-refractivity contribution < 1.29 is 0 Å². The lowest BCUT2D eigenvalue weighted by Crippen LogP contribution is -1.93. The van der Waals surface area contributed by atoms with Gasteiger partial charge in [-0.05, 0) is 63.3 Å². The average molecular weight is 403 g/mol. The van der Waals surface area contributed by atoms with Gasteiger partial charge in [0.1, 0.15) is 5.65 Å². The molecular weight excluding hydrogens is 388 g/mol. The van der Waals surface area contributed by atoms with E-state index in [9.17, 15) is 0 Å². The van der Waals surface area contributed by atoms with Crippen molar-refractivity contribution in [2.45, 2.75) is 0 Å². The van der Waals surface area contributed by atoms with Crippen LogP contribution in [0.1, 0.15) is 0 Å². The maximum atomic E-state index is 6.31. The number of para-hydroxylation sites is 2. The third-order valence-electron chi connectivity index (χ3n) is 6.16. The van der Waals surface area contributed by atoms with Gasteiger partial charge in [0.15, 0.2) is 0 Å². The van der Waals surface area contributed by atoms with Crippen molar-refractivity contribution in [3.05, 3.63) is 96.0 Å². The van der Waals surface area contributed by atoms with Gasteiger partial charge in [-0.2, -0.15) is 0 Å². The highest BCUT2D eigenvalue weighted by molar-refractivity contribution is 6.31. The van der Waals surface area contributed by atoms with E-state index in [2.05, 4.69) is 83.3 Å². The standard InChI is InChI=1S/C27H15ClN2/c28-19-11-9-17-15-25-22(14-18(17)13-19)21-12-10-16-5-1-2-6-20(16)26(21)27-29-23-7-3-4-8-24(23)30(25)27/h1-15H. The molecule has 7 rings (SSSR count). The van der Waals surface area contributed by atoms with E-state index < -0.39 is 0 Å². The molecule has 0 radical (unpaired) electrons. The lowest BCUT2D eigenvalue weighted by Gasteiger charge is -2.13. The van der Waals surface area contributed by atoms with Crippen molar-refractivity contribution in [2.75, 3.05) is 0 Å². The number of halogens is 1. The molecule has 0 fully saturated rings. The molecule has 0 aliphatic heterocycles. The Kier molecular flexibility index (Phi) is 3.09. The molecule has 0 spiro atoms. The maximum absolute atomic E-state index is 6.31. The zero-order valence-corrected chi connectivity index (χ0v) is 16.7. The summed E-state index contributed by atoms with van der Waals surface area (Å²) in [6.07, 6.45) is 0. The van der Waals surface area contributed by atoms with Gasteiger partial charge in [0.2, 0.25) is 0 Å². The van der Waals surface area contributed by atoms with Crippen LogP contribution in [0, 0.1) is 0 Å². The number of hydrogen-bond acceptors (Lipinski definition) is 1. The molecular formula is C27H15ClN2. The van der Waals surface area contributed by atoms with Crippen LogP contribution >= 0.6 is 11.6 Å². The Morgan fingerprint density at radius 2 is 1.43 bits per heavy atom. The molecule has 0 N–H and O–H groups in total. The number of benzene rings is 5. The molecule has 0 unspecified atom stereocenters. The number of rotatable bonds is 0. The van der Waals surface area contributed by atoms with Gasteiger partial charge in [0, 0.05) is 15.8 Å². The zero-order chi connectivity index (χ0) is 19.8. The maximum Gasteiger partial charge on any atom is 0.147 e. The first-order valence-electron chi connectivity index (χ1n) is 10.0. The molecule has 140 valence electrons. The molecule has 2 nitrogen and oxygen atoms in total. The van der Waals surface area contributed by atoms with Gasteiger partial charge < -0.3 is 0 Å². The summed E-state index contributed by atoms with van der Waals surface area (Å²) in [5, 5.41) is 9.14. The van der Waals surface area contributed by atoms with Crippen LogP contribution < -0.4 is 0 Å². The van der Waals surface area contributed by atoms with Crippen LogP contribution in [0.3, 0.4) is 0 Å². The van der Waals surface area contributed by atoms with E-state index in [1.807, 2.05) is 12.1 Å². The summed E-state index contributed by atoms with van der Waals surface area (Å²) in [6, 6.07) is 32.0. The first-order chi connectivity index (χ1) is 14.8. The van der Waals surface area contributed by atoms with Gasteiger partial charge in [0.25, 0.3) is 0 Å². The van der Waals surface area contributed by atoms with Crippen molar-refractivity contribution >= 4 is 71.5 Å². The zero-order valence-electron chi connectivity index (χ0n) is 15.9. The van der Waals surface area contributed by atoms with Crippen LogP contribution in [0.15, 0.2) is 91.0 Å². The highest BCUT2D eigenvalue weighted by atomic mass is 35.5. The minimum atomic E-state index is 0.755. The largest absolute Gasteiger partial charge is 0.292 e. The minimum Gasteiger partial charge on any atom is -0.292 e. The average Bonchev–Trinajstić information content (AvgIpc) is 3.17.